The normalized spacial score (nSPS) is 14.4. The molecule has 1 fully saturated rings. The van der Waals surface area contributed by atoms with Crippen LogP contribution in [0, 0.1) is 11.3 Å². The van der Waals surface area contributed by atoms with E-state index < -0.39 is 0 Å². The number of nitrogens with zero attached hydrogens (tertiary/aromatic N) is 3. The predicted molar refractivity (Wildman–Crippen MR) is 103 cm³/mol. The monoisotopic (exact) mass is 362 g/mol. The Morgan fingerprint density at radius 2 is 1.63 bits per heavy atom. The van der Waals surface area contributed by atoms with E-state index in [1.54, 1.807) is 12.1 Å². The van der Waals surface area contributed by atoms with Gasteiger partial charge in [0, 0.05) is 37.4 Å². The van der Waals surface area contributed by atoms with Crippen LogP contribution in [0.15, 0.2) is 54.6 Å². The van der Waals surface area contributed by atoms with Gasteiger partial charge in [-0.15, -0.1) is 0 Å². The van der Waals surface area contributed by atoms with Gasteiger partial charge >= 0.3 is 0 Å². The Labute approximate surface area is 159 Å². The van der Waals surface area contributed by atoms with Crippen molar-refractivity contribution in [2.45, 2.75) is 6.42 Å². The molecule has 0 radical (unpaired) electrons. The molecule has 1 heterocycles. The van der Waals surface area contributed by atoms with Crippen LogP contribution in [0.2, 0.25) is 0 Å². The summed E-state index contributed by atoms with van der Waals surface area (Å²) in [5.41, 5.74) is 2.35. The van der Waals surface area contributed by atoms with Crippen LogP contribution in [0.4, 0.5) is 5.69 Å². The molecule has 1 saturated heterocycles. The zero-order chi connectivity index (χ0) is 19.1. The van der Waals surface area contributed by atoms with Crippen LogP contribution in [0.25, 0.3) is 0 Å². The second kappa shape index (κ2) is 8.97. The second-order valence-corrected chi connectivity index (χ2v) is 6.51. The summed E-state index contributed by atoms with van der Waals surface area (Å²) < 4.78 is 0. The number of benzene rings is 2. The zero-order valence-electron chi connectivity index (χ0n) is 15.1. The third kappa shape index (κ3) is 5.16. The average Bonchev–Trinajstić information content (AvgIpc) is 2.70. The van der Waals surface area contributed by atoms with Crippen LogP contribution >= 0.6 is 0 Å². The van der Waals surface area contributed by atoms with Gasteiger partial charge in [-0.05, 0) is 29.8 Å². The Bertz CT molecular complexity index is 820. The van der Waals surface area contributed by atoms with Crippen molar-refractivity contribution in [1.82, 2.24) is 9.80 Å². The number of nitriles is 1. The Morgan fingerprint density at radius 1 is 0.963 bits per heavy atom. The summed E-state index contributed by atoms with van der Waals surface area (Å²) in [7, 11) is 0. The standard InChI is InChI=1S/C21H22N4O2/c22-11-10-17-6-8-19(9-7-17)23-20(26)16-24-12-14-25(15-13-24)21(27)18-4-2-1-3-5-18/h1-9H,10,12-16H2,(H,23,26). The van der Waals surface area contributed by atoms with E-state index in [9.17, 15) is 9.59 Å². The highest BCUT2D eigenvalue weighted by atomic mass is 16.2. The molecule has 6 heteroatoms. The summed E-state index contributed by atoms with van der Waals surface area (Å²) in [4.78, 5) is 28.6. The van der Waals surface area contributed by atoms with Crippen LogP contribution in [0.3, 0.4) is 0 Å². The van der Waals surface area contributed by atoms with Crippen molar-refractivity contribution >= 4 is 17.5 Å². The molecule has 0 spiro atoms. The first-order valence-corrected chi connectivity index (χ1v) is 8.98. The van der Waals surface area contributed by atoms with E-state index in [1.165, 1.54) is 0 Å². The molecular formula is C21H22N4O2. The Hall–Kier alpha value is -3.17. The van der Waals surface area contributed by atoms with Gasteiger partial charge in [-0.1, -0.05) is 30.3 Å². The summed E-state index contributed by atoms with van der Waals surface area (Å²) in [6.07, 6.45) is 0.361. The molecule has 0 aromatic heterocycles. The lowest BCUT2D eigenvalue weighted by Crippen LogP contribution is -2.50. The Balaban J connectivity index is 1.45. The number of carbonyl (C=O) groups excluding carboxylic acids is 2. The molecule has 1 aliphatic rings. The van der Waals surface area contributed by atoms with Gasteiger partial charge in [0.1, 0.15) is 0 Å². The topological polar surface area (TPSA) is 76.4 Å². The molecule has 2 amide bonds. The highest BCUT2D eigenvalue weighted by Crippen LogP contribution is 2.11. The van der Waals surface area contributed by atoms with Crippen LogP contribution in [0.1, 0.15) is 15.9 Å². The minimum absolute atomic E-state index is 0.0390. The van der Waals surface area contributed by atoms with Gasteiger partial charge in [-0.2, -0.15) is 5.26 Å². The lowest BCUT2D eigenvalue weighted by Gasteiger charge is -2.34. The quantitative estimate of drug-likeness (QED) is 0.884. The van der Waals surface area contributed by atoms with E-state index in [1.807, 2.05) is 52.3 Å². The second-order valence-electron chi connectivity index (χ2n) is 6.51. The fourth-order valence-corrected chi connectivity index (χ4v) is 3.07. The molecule has 6 nitrogen and oxygen atoms in total. The molecule has 0 aliphatic carbocycles. The van der Waals surface area contributed by atoms with Crippen molar-refractivity contribution in [2.24, 2.45) is 0 Å². The summed E-state index contributed by atoms with van der Waals surface area (Å²) in [6, 6.07) is 18.7. The molecule has 2 aromatic carbocycles. The van der Waals surface area contributed by atoms with Crippen LogP contribution in [0.5, 0.6) is 0 Å². The molecule has 0 bridgehead atoms. The van der Waals surface area contributed by atoms with Crippen LogP contribution in [-0.2, 0) is 11.2 Å². The van der Waals surface area contributed by atoms with Gasteiger partial charge in [0.25, 0.3) is 5.91 Å². The molecule has 1 aliphatic heterocycles. The largest absolute Gasteiger partial charge is 0.336 e. The first-order valence-electron chi connectivity index (χ1n) is 8.98. The maximum absolute atomic E-state index is 12.5. The average molecular weight is 362 g/mol. The van der Waals surface area contributed by atoms with Crippen molar-refractivity contribution in [2.75, 3.05) is 38.0 Å². The van der Waals surface area contributed by atoms with E-state index in [4.69, 9.17) is 5.26 Å². The third-order valence-electron chi connectivity index (χ3n) is 4.57. The van der Waals surface area contributed by atoms with Crippen molar-refractivity contribution in [3.63, 3.8) is 0 Å². The van der Waals surface area contributed by atoms with Crippen molar-refractivity contribution in [3.8, 4) is 6.07 Å². The first kappa shape index (κ1) is 18.6. The highest BCUT2D eigenvalue weighted by Gasteiger charge is 2.23. The number of piperazine rings is 1. The molecule has 0 unspecified atom stereocenters. The third-order valence-corrected chi connectivity index (χ3v) is 4.57. The Morgan fingerprint density at radius 3 is 2.26 bits per heavy atom. The van der Waals surface area contributed by atoms with E-state index in [0.717, 1.165) is 11.3 Å². The number of rotatable bonds is 5. The van der Waals surface area contributed by atoms with Crippen molar-refractivity contribution in [1.29, 1.82) is 5.26 Å². The molecular weight excluding hydrogens is 340 g/mol. The van der Waals surface area contributed by atoms with Gasteiger partial charge in [0.05, 0.1) is 19.0 Å². The van der Waals surface area contributed by atoms with E-state index in [2.05, 4.69) is 11.4 Å². The molecule has 1 N–H and O–H groups in total. The van der Waals surface area contributed by atoms with E-state index >= 15 is 0 Å². The molecule has 2 aromatic rings. The summed E-state index contributed by atoms with van der Waals surface area (Å²) >= 11 is 0. The van der Waals surface area contributed by atoms with Crippen LogP contribution < -0.4 is 5.32 Å². The molecule has 0 atom stereocenters. The van der Waals surface area contributed by atoms with Gasteiger partial charge in [-0.3, -0.25) is 14.5 Å². The van der Waals surface area contributed by atoms with E-state index in [-0.39, 0.29) is 11.8 Å². The first-order chi connectivity index (χ1) is 13.2. The maximum Gasteiger partial charge on any atom is 0.253 e. The number of carbonyl (C=O) groups is 2. The van der Waals surface area contributed by atoms with Gasteiger partial charge < -0.3 is 10.2 Å². The zero-order valence-corrected chi connectivity index (χ0v) is 15.1. The number of hydrogen-bond acceptors (Lipinski definition) is 4. The SMILES string of the molecule is N#CCc1ccc(NC(=O)CN2CCN(C(=O)c3ccccc3)CC2)cc1. The van der Waals surface area contributed by atoms with Gasteiger partial charge in [0.2, 0.25) is 5.91 Å². The predicted octanol–water partition coefficient (Wildman–Crippen LogP) is 2.15. The lowest BCUT2D eigenvalue weighted by molar-refractivity contribution is -0.117. The lowest BCUT2D eigenvalue weighted by atomic mass is 10.1. The minimum Gasteiger partial charge on any atom is -0.336 e. The summed E-state index contributed by atoms with van der Waals surface area (Å²) in [5.74, 6) is -0.0389. The minimum atomic E-state index is -0.0779. The Kier molecular flexibility index (Phi) is 6.18. The fraction of sp³-hybridized carbons (Fsp3) is 0.286. The number of amides is 2. The van der Waals surface area contributed by atoms with Gasteiger partial charge in [-0.25, -0.2) is 0 Å². The maximum atomic E-state index is 12.5. The van der Waals surface area contributed by atoms with Crippen molar-refractivity contribution < 1.29 is 9.59 Å². The molecule has 138 valence electrons. The van der Waals surface area contributed by atoms with Gasteiger partial charge in [0.15, 0.2) is 0 Å². The van der Waals surface area contributed by atoms with Crippen LogP contribution in [-0.4, -0.2) is 54.3 Å². The molecule has 0 saturated carbocycles. The molecule has 3 rings (SSSR count). The smallest absolute Gasteiger partial charge is 0.253 e. The fourth-order valence-electron chi connectivity index (χ4n) is 3.07. The van der Waals surface area contributed by atoms with E-state index in [0.29, 0.717) is 44.7 Å². The summed E-state index contributed by atoms with van der Waals surface area (Å²) in [6.45, 7) is 2.88. The highest BCUT2D eigenvalue weighted by molar-refractivity contribution is 5.94. The number of anilines is 1. The summed E-state index contributed by atoms with van der Waals surface area (Å²) in [5, 5.41) is 11.6. The number of hydrogen-bond donors (Lipinski definition) is 1. The van der Waals surface area contributed by atoms with Crippen molar-refractivity contribution in [3.05, 3.63) is 65.7 Å². The number of nitrogens with one attached hydrogen (secondary N) is 1. The molecule has 27 heavy (non-hydrogen) atoms.